The Morgan fingerprint density at radius 3 is 2.78 bits per heavy atom. The van der Waals surface area contributed by atoms with Crippen LogP contribution >= 0.6 is 0 Å². The number of rotatable bonds is 2. The predicted octanol–water partition coefficient (Wildman–Crippen LogP) is 2.81. The first kappa shape index (κ1) is 13.1. The van der Waals surface area contributed by atoms with Gasteiger partial charge < -0.3 is 4.74 Å². The quantitative estimate of drug-likeness (QED) is 0.706. The van der Waals surface area contributed by atoms with E-state index in [2.05, 4.69) is 0 Å². The molecule has 0 aromatic carbocycles. The van der Waals surface area contributed by atoms with Gasteiger partial charge in [0.2, 0.25) is 0 Å². The molecular weight excluding hydrogens is 228 g/mol. The van der Waals surface area contributed by atoms with E-state index in [-0.39, 0.29) is 17.7 Å². The molecule has 98 valence electrons. The molecule has 0 saturated heterocycles. The number of carbonyl (C=O) groups is 2. The molecule has 0 aliphatic heterocycles. The van der Waals surface area contributed by atoms with E-state index in [9.17, 15) is 9.59 Å². The molecule has 18 heavy (non-hydrogen) atoms. The van der Waals surface area contributed by atoms with Crippen LogP contribution in [0.25, 0.3) is 0 Å². The van der Waals surface area contributed by atoms with E-state index in [4.69, 9.17) is 4.74 Å². The summed E-state index contributed by atoms with van der Waals surface area (Å²) in [7, 11) is 1.42. The number of hydrogen-bond acceptors (Lipinski definition) is 3. The standard InChI is InChI=1S/C15H20O3/c1-15(2,14(17)18-3)11-7-8-12-10(9-11)5-4-6-13(12)16/h7-8,11H,4-6,9H2,1-3H3. The highest BCUT2D eigenvalue weighted by Crippen LogP contribution is 2.40. The van der Waals surface area contributed by atoms with Gasteiger partial charge in [-0.1, -0.05) is 17.7 Å². The smallest absolute Gasteiger partial charge is 0.311 e. The highest BCUT2D eigenvalue weighted by molar-refractivity contribution is 5.99. The van der Waals surface area contributed by atoms with Crippen molar-refractivity contribution < 1.29 is 14.3 Å². The summed E-state index contributed by atoms with van der Waals surface area (Å²) in [5.74, 6) is 0.180. The third-order valence-corrected chi connectivity index (χ3v) is 4.16. The first-order valence-corrected chi connectivity index (χ1v) is 6.48. The van der Waals surface area contributed by atoms with Crippen molar-refractivity contribution in [1.82, 2.24) is 0 Å². The van der Waals surface area contributed by atoms with E-state index in [0.29, 0.717) is 6.42 Å². The maximum atomic E-state index is 11.8. The third kappa shape index (κ3) is 2.14. The zero-order valence-electron chi connectivity index (χ0n) is 11.3. The second kappa shape index (κ2) is 4.71. The Bertz CT molecular complexity index is 441. The minimum atomic E-state index is -0.537. The number of methoxy groups -OCH3 is 1. The summed E-state index contributed by atoms with van der Waals surface area (Å²) in [5.41, 5.74) is 1.57. The lowest BCUT2D eigenvalue weighted by molar-refractivity contribution is -0.152. The fourth-order valence-corrected chi connectivity index (χ4v) is 2.81. The van der Waals surface area contributed by atoms with E-state index in [1.807, 2.05) is 26.0 Å². The summed E-state index contributed by atoms with van der Waals surface area (Å²) in [4.78, 5) is 23.6. The third-order valence-electron chi connectivity index (χ3n) is 4.16. The maximum absolute atomic E-state index is 11.8. The molecule has 0 N–H and O–H groups in total. The van der Waals surface area contributed by atoms with Crippen molar-refractivity contribution >= 4 is 11.8 Å². The van der Waals surface area contributed by atoms with E-state index >= 15 is 0 Å². The average molecular weight is 248 g/mol. The molecule has 0 aromatic rings. The average Bonchev–Trinajstić information content (AvgIpc) is 2.37. The Morgan fingerprint density at radius 1 is 1.39 bits per heavy atom. The number of hydrogen-bond donors (Lipinski definition) is 0. The van der Waals surface area contributed by atoms with Crippen molar-refractivity contribution in [3.8, 4) is 0 Å². The summed E-state index contributed by atoms with van der Waals surface area (Å²) >= 11 is 0. The number of Topliss-reactive ketones (excluding diaryl/α,β-unsaturated/α-hetero) is 1. The molecule has 2 aliphatic rings. The molecule has 3 nitrogen and oxygen atoms in total. The zero-order chi connectivity index (χ0) is 13.3. The fraction of sp³-hybridized carbons (Fsp3) is 0.600. The van der Waals surface area contributed by atoms with Gasteiger partial charge >= 0.3 is 5.97 Å². The molecular formula is C15H20O3. The summed E-state index contributed by atoms with van der Waals surface area (Å²) < 4.78 is 4.87. The molecule has 3 heteroatoms. The fourth-order valence-electron chi connectivity index (χ4n) is 2.81. The van der Waals surface area contributed by atoms with Gasteiger partial charge in [-0.3, -0.25) is 9.59 Å². The van der Waals surface area contributed by atoms with Crippen molar-refractivity contribution in [2.45, 2.75) is 39.5 Å². The summed E-state index contributed by atoms with van der Waals surface area (Å²) in [6.45, 7) is 3.81. The highest BCUT2D eigenvalue weighted by Gasteiger charge is 2.39. The van der Waals surface area contributed by atoms with Crippen LogP contribution in [0.1, 0.15) is 39.5 Å². The molecule has 0 fully saturated rings. The topological polar surface area (TPSA) is 43.4 Å². The minimum absolute atomic E-state index is 0.120. The molecule has 0 amide bonds. The molecule has 1 atom stereocenters. The monoisotopic (exact) mass is 248 g/mol. The molecule has 2 rings (SSSR count). The number of ketones is 1. The minimum Gasteiger partial charge on any atom is -0.469 e. The molecule has 1 unspecified atom stereocenters. The molecule has 0 saturated carbocycles. The zero-order valence-corrected chi connectivity index (χ0v) is 11.3. The van der Waals surface area contributed by atoms with Crippen molar-refractivity contribution in [3.63, 3.8) is 0 Å². The van der Waals surface area contributed by atoms with Crippen LogP contribution in [0.5, 0.6) is 0 Å². The van der Waals surface area contributed by atoms with E-state index in [1.165, 1.54) is 12.7 Å². The van der Waals surface area contributed by atoms with Crippen LogP contribution in [0.2, 0.25) is 0 Å². The number of esters is 1. The lowest BCUT2D eigenvalue weighted by Gasteiger charge is -2.34. The summed E-state index contributed by atoms with van der Waals surface area (Å²) in [6.07, 6.45) is 7.30. The highest BCUT2D eigenvalue weighted by atomic mass is 16.5. The predicted molar refractivity (Wildman–Crippen MR) is 68.9 cm³/mol. The van der Waals surface area contributed by atoms with Crippen molar-refractivity contribution in [2.75, 3.05) is 7.11 Å². The van der Waals surface area contributed by atoms with E-state index < -0.39 is 5.41 Å². The van der Waals surface area contributed by atoms with Crippen LogP contribution < -0.4 is 0 Å². The lowest BCUT2D eigenvalue weighted by Crippen LogP contribution is -2.35. The Balaban J connectivity index is 2.21. The molecule has 2 aliphatic carbocycles. The van der Waals surface area contributed by atoms with Crippen LogP contribution in [-0.2, 0) is 14.3 Å². The first-order valence-electron chi connectivity index (χ1n) is 6.48. The van der Waals surface area contributed by atoms with E-state index in [0.717, 1.165) is 24.8 Å². The van der Waals surface area contributed by atoms with Crippen LogP contribution in [-0.4, -0.2) is 18.9 Å². The summed E-state index contributed by atoms with van der Waals surface area (Å²) in [5, 5.41) is 0. The van der Waals surface area contributed by atoms with Crippen molar-refractivity contribution in [2.24, 2.45) is 11.3 Å². The van der Waals surface area contributed by atoms with Crippen LogP contribution in [0.15, 0.2) is 23.3 Å². The summed E-state index contributed by atoms with van der Waals surface area (Å²) in [6, 6.07) is 0. The first-order chi connectivity index (χ1) is 8.46. The van der Waals surface area contributed by atoms with Crippen LogP contribution in [0.4, 0.5) is 0 Å². The van der Waals surface area contributed by atoms with E-state index in [1.54, 1.807) is 0 Å². The molecule has 0 spiro atoms. The second-order valence-electron chi connectivity index (χ2n) is 5.68. The molecule has 0 bridgehead atoms. The van der Waals surface area contributed by atoms with Crippen molar-refractivity contribution in [3.05, 3.63) is 23.3 Å². The van der Waals surface area contributed by atoms with Gasteiger partial charge in [-0.25, -0.2) is 0 Å². The number of carbonyl (C=O) groups excluding carboxylic acids is 2. The van der Waals surface area contributed by atoms with Gasteiger partial charge in [0.25, 0.3) is 0 Å². The number of allylic oxidation sites excluding steroid dienone is 4. The van der Waals surface area contributed by atoms with Gasteiger partial charge in [0.05, 0.1) is 12.5 Å². The van der Waals surface area contributed by atoms with Gasteiger partial charge in [0, 0.05) is 12.0 Å². The van der Waals surface area contributed by atoms with Crippen LogP contribution in [0.3, 0.4) is 0 Å². The second-order valence-corrected chi connectivity index (χ2v) is 5.68. The van der Waals surface area contributed by atoms with Gasteiger partial charge in [-0.2, -0.15) is 0 Å². The van der Waals surface area contributed by atoms with Gasteiger partial charge in [-0.05, 0) is 39.0 Å². The molecule has 0 heterocycles. The Morgan fingerprint density at radius 2 is 2.11 bits per heavy atom. The number of ether oxygens (including phenoxy) is 1. The van der Waals surface area contributed by atoms with Gasteiger partial charge in [0.1, 0.15) is 0 Å². The Hall–Kier alpha value is -1.38. The normalized spacial score (nSPS) is 23.9. The van der Waals surface area contributed by atoms with Crippen molar-refractivity contribution in [1.29, 1.82) is 0 Å². The lowest BCUT2D eigenvalue weighted by atomic mass is 9.70. The Kier molecular flexibility index (Phi) is 3.42. The van der Waals surface area contributed by atoms with Gasteiger partial charge in [-0.15, -0.1) is 0 Å². The van der Waals surface area contributed by atoms with Gasteiger partial charge in [0.15, 0.2) is 5.78 Å². The Labute approximate surface area is 108 Å². The molecule has 0 radical (unpaired) electrons. The SMILES string of the molecule is COC(=O)C(C)(C)C1C=CC2=C(CCCC2=O)C1. The van der Waals surface area contributed by atoms with Crippen LogP contribution in [0, 0.1) is 11.3 Å². The largest absolute Gasteiger partial charge is 0.469 e. The molecule has 0 aromatic heterocycles. The maximum Gasteiger partial charge on any atom is 0.311 e.